The van der Waals surface area contributed by atoms with Crippen molar-refractivity contribution in [1.82, 2.24) is 5.09 Å². The predicted octanol–water partition coefficient (Wildman–Crippen LogP) is 3.13. The van der Waals surface area contributed by atoms with E-state index in [-0.39, 0.29) is 5.60 Å². The minimum absolute atomic E-state index is 0.108. The predicted molar refractivity (Wildman–Crippen MR) is 66.5 cm³/mol. The van der Waals surface area contributed by atoms with Crippen LogP contribution >= 0.6 is 9.39 Å². The molecule has 0 fully saturated rings. The third-order valence-corrected chi connectivity index (χ3v) is 3.12. The van der Waals surface area contributed by atoms with Crippen LogP contribution in [-0.4, -0.2) is 19.3 Å². The Morgan fingerprint density at radius 3 is 2.36 bits per heavy atom. The lowest BCUT2D eigenvalue weighted by Gasteiger charge is -2.28. The zero-order chi connectivity index (χ0) is 10.9. The second-order valence-electron chi connectivity index (χ2n) is 4.17. The van der Waals surface area contributed by atoms with Gasteiger partial charge in [-0.2, -0.15) is 0 Å². The molecule has 0 saturated heterocycles. The third-order valence-electron chi connectivity index (χ3n) is 2.83. The van der Waals surface area contributed by atoms with Gasteiger partial charge in [0.05, 0.1) is 5.60 Å². The Kier molecular flexibility index (Phi) is 8.86. The lowest BCUT2D eigenvalue weighted by molar-refractivity contribution is -0.0115. The second kappa shape index (κ2) is 8.64. The normalized spacial score (nSPS) is 15.4. The molecule has 0 aromatic heterocycles. The molecule has 0 spiro atoms. The summed E-state index contributed by atoms with van der Waals surface area (Å²) in [7, 11) is 4.38. The first-order valence-corrected chi connectivity index (χ1v) is 6.25. The highest BCUT2D eigenvalue weighted by Gasteiger charge is 2.21. The van der Waals surface area contributed by atoms with Gasteiger partial charge in [0.25, 0.3) is 0 Å². The molecule has 0 rings (SSSR count). The molecule has 0 radical (unpaired) electrons. The molecule has 2 nitrogen and oxygen atoms in total. The minimum atomic E-state index is 0.108. The number of hydrogen-bond donors (Lipinski definition) is 1. The Hall–Kier alpha value is 0.350. The van der Waals surface area contributed by atoms with Crippen LogP contribution in [0.2, 0.25) is 0 Å². The molecule has 0 heterocycles. The van der Waals surface area contributed by atoms with Crippen molar-refractivity contribution in [2.45, 2.75) is 58.0 Å². The Bertz CT molecular complexity index is 132. The van der Waals surface area contributed by atoms with Crippen molar-refractivity contribution in [3.63, 3.8) is 0 Å². The highest BCUT2D eigenvalue weighted by molar-refractivity contribution is 7.13. The molecule has 0 saturated carbocycles. The molecule has 0 aliphatic rings. The number of rotatable bonds is 9. The van der Waals surface area contributed by atoms with Gasteiger partial charge in [0.15, 0.2) is 0 Å². The lowest BCUT2D eigenvalue weighted by Crippen LogP contribution is -2.27. The van der Waals surface area contributed by atoms with Gasteiger partial charge in [-0.3, -0.25) is 0 Å². The molecule has 86 valence electrons. The molecule has 3 heteroatoms. The second-order valence-corrected chi connectivity index (χ2v) is 4.58. The SMILES string of the molecule is CCCCC(C)(CCCCNP)OC. The minimum Gasteiger partial charge on any atom is -0.379 e. The van der Waals surface area contributed by atoms with Gasteiger partial charge in [-0.1, -0.05) is 29.2 Å². The van der Waals surface area contributed by atoms with E-state index < -0.39 is 0 Å². The van der Waals surface area contributed by atoms with E-state index in [1.807, 2.05) is 7.11 Å². The average Bonchev–Trinajstić information content (AvgIpc) is 2.22. The summed E-state index contributed by atoms with van der Waals surface area (Å²) in [5, 5.41) is 3.09. The monoisotopic (exact) mass is 219 g/mol. The maximum atomic E-state index is 5.59. The van der Waals surface area contributed by atoms with Crippen molar-refractivity contribution in [2.75, 3.05) is 13.7 Å². The summed E-state index contributed by atoms with van der Waals surface area (Å²) in [5.74, 6) is 0. The molecule has 14 heavy (non-hydrogen) atoms. The van der Waals surface area contributed by atoms with Crippen LogP contribution in [-0.2, 0) is 4.74 Å². The molecule has 1 N–H and O–H groups in total. The van der Waals surface area contributed by atoms with Gasteiger partial charge in [-0.05, 0) is 39.2 Å². The van der Waals surface area contributed by atoms with E-state index in [1.54, 1.807) is 0 Å². The fourth-order valence-corrected chi connectivity index (χ4v) is 1.81. The highest BCUT2D eigenvalue weighted by Crippen LogP contribution is 2.24. The van der Waals surface area contributed by atoms with Crippen molar-refractivity contribution in [3.05, 3.63) is 0 Å². The molecule has 0 aromatic rings. The first-order valence-electron chi connectivity index (χ1n) is 5.67. The molecule has 2 atom stereocenters. The van der Waals surface area contributed by atoms with E-state index in [4.69, 9.17) is 4.74 Å². The summed E-state index contributed by atoms with van der Waals surface area (Å²) < 4.78 is 5.59. The van der Waals surface area contributed by atoms with Gasteiger partial charge in [-0.25, -0.2) is 0 Å². The number of hydrogen-bond acceptors (Lipinski definition) is 2. The fourth-order valence-electron chi connectivity index (χ4n) is 1.61. The quantitative estimate of drug-likeness (QED) is 0.475. The maximum Gasteiger partial charge on any atom is 0.0650 e. The Balaban J connectivity index is 3.63. The van der Waals surface area contributed by atoms with Gasteiger partial charge in [0, 0.05) is 7.11 Å². The van der Waals surface area contributed by atoms with Crippen LogP contribution in [0.5, 0.6) is 0 Å². The zero-order valence-electron chi connectivity index (χ0n) is 9.94. The number of nitrogens with one attached hydrogen (secondary N) is 1. The van der Waals surface area contributed by atoms with Crippen molar-refractivity contribution in [1.29, 1.82) is 0 Å². The van der Waals surface area contributed by atoms with E-state index >= 15 is 0 Å². The standard InChI is InChI=1S/C11H26NOP/c1-4-5-8-11(2,13-3)9-6-7-10-12-14/h12H,4-10,14H2,1-3H3. The van der Waals surface area contributed by atoms with Crippen molar-refractivity contribution in [3.8, 4) is 0 Å². The smallest absolute Gasteiger partial charge is 0.0650 e. The van der Waals surface area contributed by atoms with E-state index in [0.717, 1.165) is 6.54 Å². The number of unbranched alkanes of at least 4 members (excludes halogenated alkanes) is 2. The largest absolute Gasteiger partial charge is 0.379 e. The van der Waals surface area contributed by atoms with Crippen LogP contribution in [0.25, 0.3) is 0 Å². The van der Waals surface area contributed by atoms with Crippen molar-refractivity contribution >= 4 is 9.39 Å². The maximum absolute atomic E-state index is 5.59. The van der Waals surface area contributed by atoms with Gasteiger partial charge in [0.1, 0.15) is 0 Å². The molecule has 0 amide bonds. The van der Waals surface area contributed by atoms with Crippen LogP contribution in [0.4, 0.5) is 0 Å². The summed E-state index contributed by atoms with van der Waals surface area (Å²) in [5.41, 5.74) is 0.108. The van der Waals surface area contributed by atoms with Gasteiger partial charge in [-0.15, -0.1) is 0 Å². The van der Waals surface area contributed by atoms with E-state index in [2.05, 4.69) is 28.3 Å². The molecule has 0 bridgehead atoms. The van der Waals surface area contributed by atoms with Gasteiger partial charge < -0.3 is 9.82 Å². The summed E-state index contributed by atoms with van der Waals surface area (Å²) in [4.78, 5) is 0. The van der Waals surface area contributed by atoms with Crippen LogP contribution in [0, 0.1) is 0 Å². The van der Waals surface area contributed by atoms with Crippen molar-refractivity contribution in [2.24, 2.45) is 0 Å². The summed E-state index contributed by atoms with van der Waals surface area (Å²) >= 11 is 0. The lowest BCUT2D eigenvalue weighted by atomic mass is 9.92. The summed E-state index contributed by atoms with van der Waals surface area (Å²) in [6, 6.07) is 0. The van der Waals surface area contributed by atoms with E-state index in [0.29, 0.717) is 0 Å². The van der Waals surface area contributed by atoms with Crippen LogP contribution in [0.3, 0.4) is 0 Å². The summed E-state index contributed by atoms with van der Waals surface area (Å²) in [6.45, 7) is 5.54. The van der Waals surface area contributed by atoms with Crippen LogP contribution < -0.4 is 5.09 Å². The Morgan fingerprint density at radius 1 is 1.21 bits per heavy atom. The van der Waals surface area contributed by atoms with E-state index in [1.165, 1.54) is 38.5 Å². The number of methoxy groups -OCH3 is 1. The molecular formula is C11H26NOP. The fraction of sp³-hybridized carbons (Fsp3) is 1.00. The van der Waals surface area contributed by atoms with Gasteiger partial charge in [0.2, 0.25) is 0 Å². The first kappa shape index (κ1) is 14.3. The first-order chi connectivity index (χ1) is 6.68. The molecular weight excluding hydrogens is 193 g/mol. The number of ether oxygens (including phenoxy) is 1. The Morgan fingerprint density at radius 2 is 1.86 bits per heavy atom. The average molecular weight is 219 g/mol. The topological polar surface area (TPSA) is 21.3 Å². The van der Waals surface area contributed by atoms with Crippen molar-refractivity contribution < 1.29 is 4.74 Å². The Labute approximate surface area is 91.4 Å². The zero-order valence-corrected chi connectivity index (χ0v) is 11.1. The molecule has 0 aliphatic heterocycles. The van der Waals surface area contributed by atoms with Crippen LogP contribution in [0.1, 0.15) is 52.4 Å². The molecule has 0 aromatic carbocycles. The van der Waals surface area contributed by atoms with Gasteiger partial charge >= 0.3 is 0 Å². The highest BCUT2D eigenvalue weighted by atomic mass is 31.0. The van der Waals surface area contributed by atoms with Crippen LogP contribution in [0.15, 0.2) is 0 Å². The molecule has 0 aliphatic carbocycles. The third kappa shape index (κ3) is 6.75. The molecule has 2 unspecified atom stereocenters. The summed E-state index contributed by atoms with van der Waals surface area (Å²) in [6.07, 6.45) is 7.37. The van der Waals surface area contributed by atoms with E-state index in [9.17, 15) is 0 Å².